The van der Waals surface area contributed by atoms with E-state index in [0.29, 0.717) is 11.8 Å². The lowest BCUT2D eigenvalue weighted by Gasteiger charge is -2.17. The second-order valence-electron chi connectivity index (χ2n) is 6.36. The molecule has 1 aromatic carbocycles. The van der Waals surface area contributed by atoms with E-state index in [9.17, 15) is 4.79 Å². The van der Waals surface area contributed by atoms with Crippen molar-refractivity contribution in [3.05, 3.63) is 48.0 Å². The van der Waals surface area contributed by atoms with Crippen LogP contribution in [-0.2, 0) is 16.0 Å². The molecule has 0 aromatic heterocycles. The minimum Gasteiger partial charge on any atom is -0.481 e. The van der Waals surface area contributed by atoms with Crippen molar-refractivity contribution in [1.82, 2.24) is 0 Å². The molecular weight excluding hydrogens is 320 g/mol. The molecule has 1 N–H and O–H groups in total. The highest BCUT2D eigenvalue weighted by Crippen LogP contribution is 2.32. The zero-order valence-corrected chi connectivity index (χ0v) is 15.0. The third kappa shape index (κ3) is 7.54. The number of ether oxygens (including phenoxy) is 1. The zero-order chi connectivity index (χ0) is 17.0. The fourth-order valence-electron chi connectivity index (χ4n) is 2.92. The molecule has 0 amide bonds. The first kappa shape index (κ1) is 19.1. The average Bonchev–Trinajstić information content (AvgIpc) is 3.03. The highest BCUT2D eigenvalue weighted by molar-refractivity contribution is 7.99. The number of unbranched alkanes of at least 4 members (excludes halogenated alkanes) is 1. The van der Waals surface area contributed by atoms with Gasteiger partial charge in [-0.1, -0.05) is 42.5 Å². The van der Waals surface area contributed by atoms with Crippen LogP contribution in [0.5, 0.6) is 0 Å². The molecule has 1 fully saturated rings. The summed E-state index contributed by atoms with van der Waals surface area (Å²) in [5, 5.41) is 8.61. The topological polar surface area (TPSA) is 46.5 Å². The second kappa shape index (κ2) is 11.3. The number of carboxylic acids is 1. The molecule has 0 spiro atoms. The Kier molecular flexibility index (Phi) is 9.00. The van der Waals surface area contributed by atoms with Crippen LogP contribution in [0.4, 0.5) is 0 Å². The minimum atomic E-state index is -0.705. The van der Waals surface area contributed by atoms with E-state index in [1.807, 2.05) is 17.8 Å². The largest absolute Gasteiger partial charge is 0.481 e. The Hall–Kier alpha value is -1.26. The van der Waals surface area contributed by atoms with Crippen molar-refractivity contribution in [2.24, 2.45) is 11.8 Å². The molecule has 0 saturated carbocycles. The number of carboxylic acid groups (broad SMARTS) is 1. The third-order valence-corrected chi connectivity index (χ3v) is 5.73. The van der Waals surface area contributed by atoms with Gasteiger partial charge in [0, 0.05) is 6.42 Å². The van der Waals surface area contributed by atoms with E-state index in [1.165, 1.54) is 17.1 Å². The Morgan fingerprint density at radius 1 is 1.21 bits per heavy atom. The summed E-state index contributed by atoms with van der Waals surface area (Å²) in [4.78, 5) is 10.5. The van der Waals surface area contributed by atoms with Gasteiger partial charge in [-0.2, -0.15) is 11.8 Å². The molecule has 1 aromatic rings. The van der Waals surface area contributed by atoms with Gasteiger partial charge in [-0.25, -0.2) is 0 Å². The maximum Gasteiger partial charge on any atom is 0.303 e. The van der Waals surface area contributed by atoms with Gasteiger partial charge in [0.25, 0.3) is 0 Å². The van der Waals surface area contributed by atoms with Gasteiger partial charge in [0.15, 0.2) is 0 Å². The molecule has 0 bridgehead atoms. The number of thioether (sulfide) groups is 1. The zero-order valence-electron chi connectivity index (χ0n) is 14.2. The summed E-state index contributed by atoms with van der Waals surface area (Å²) in [6.07, 6.45) is 8.30. The third-order valence-electron chi connectivity index (χ3n) is 4.41. The summed E-state index contributed by atoms with van der Waals surface area (Å²) in [6, 6.07) is 10.5. The lowest BCUT2D eigenvalue weighted by atomic mass is 9.93. The van der Waals surface area contributed by atoms with E-state index in [4.69, 9.17) is 9.84 Å². The smallest absolute Gasteiger partial charge is 0.303 e. The lowest BCUT2D eigenvalue weighted by Crippen LogP contribution is -2.18. The number of hydrogen-bond acceptors (Lipinski definition) is 3. The quantitative estimate of drug-likeness (QED) is 0.475. The summed E-state index contributed by atoms with van der Waals surface area (Å²) in [7, 11) is 0. The van der Waals surface area contributed by atoms with Crippen molar-refractivity contribution < 1.29 is 14.6 Å². The molecule has 0 unspecified atom stereocenters. The van der Waals surface area contributed by atoms with E-state index in [-0.39, 0.29) is 6.42 Å². The van der Waals surface area contributed by atoms with Crippen molar-refractivity contribution in [2.45, 2.75) is 32.1 Å². The van der Waals surface area contributed by atoms with Crippen LogP contribution in [0.3, 0.4) is 0 Å². The highest BCUT2D eigenvalue weighted by Gasteiger charge is 2.26. The summed E-state index contributed by atoms with van der Waals surface area (Å²) < 4.78 is 5.92. The monoisotopic (exact) mass is 348 g/mol. The van der Waals surface area contributed by atoms with Crippen LogP contribution in [0.2, 0.25) is 0 Å². The van der Waals surface area contributed by atoms with Crippen LogP contribution >= 0.6 is 11.8 Å². The first-order valence-corrected chi connectivity index (χ1v) is 9.97. The van der Waals surface area contributed by atoms with Gasteiger partial charge in [0.05, 0.1) is 13.2 Å². The molecule has 0 radical (unpaired) electrons. The summed E-state index contributed by atoms with van der Waals surface area (Å²) in [6.45, 7) is 1.65. The minimum absolute atomic E-state index is 0.265. The molecule has 2 rings (SSSR count). The highest BCUT2D eigenvalue weighted by atomic mass is 32.2. The molecule has 4 heteroatoms. The first-order chi connectivity index (χ1) is 11.8. The van der Waals surface area contributed by atoms with Crippen LogP contribution in [0.25, 0.3) is 0 Å². The maximum atomic E-state index is 10.5. The molecule has 1 heterocycles. The van der Waals surface area contributed by atoms with Crippen LogP contribution < -0.4 is 0 Å². The molecule has 3 nitrogen and oxygen atoms in total. The van der Waals surface area contributed by atoms with Crippen molar-refractivity contribution in [3.8, 4) is 0 Å². The first-order valence-electron chi connectivity index (χ1n) is 8.82. The number of hydrogen-bond donors (Lipinski definition) is 1. The lowest BCUT2D eigenvalue weighted by molar-refractivity contribution is -0.137. The number of aliphatic carboxylic acids is 1. The van der Waals surface area contributed by atoms with Gasteiger partial charge in [0.1, 0.15) is 0 Å². The summed E-state index contributed by atoms with van der Waals surface area (Å²) >= 11 is 2.03. The molecule has 1 aliphatic rings. The fourth-order valence-corrected chi connectivity index (χ4v) is 4.44. The van der Waals surface area contributed by atoms with Gasteiger partial charge in [-0.15, -0.1) is 0 Å². The summed E-state index contributed by atoms with van der Waals surface area (Å²) in [5.41, 5.74) is 1.33. The van der Waals surface area contributed by atoms with Crippen LogP contribution in [0, 0.1) is 11.8 Å². The number of carbonyl (C=O) groups is 1. The van der Waals surface area contributed by atoms with Gasteiger partial charge >= 0.3 is 5.97 Å². The standard InChI is InChI=1S/C20H28O3S/c21-20(22)11-7-2-1-6-10-18-15-24-16-19(18)14-23-13-12-17-8-4-3-5-9-17/h1,3-6,8-9,18-19H,2,7,10-16H2,(H,21,22)/t18-,19-/m0/s1. The van der Waals surface area contributed by atoms with E-state index < -0.39 is 5.97 Å². The van der Waals surface area contributed by atoms with Gasteiger partial charge in [-0.05, 0) is 54.6 Å². The van der Waals surface area contributed by atoms with Crippen molar-refractivity contribution >= 4 is 17.7 Å². The van der Waals surface area contributed by atoms with Gasteiger partial charge < -0.3 is 9.84 Å². The number of rotatable bonds is 11. The molecule has 1 saturated heterocycles. The predicted molar refractivity (Wildman–Crippen MR) is 101 cm³/mol. The Bertz CT molecular complexity index is 501. The normalized spacial score (nSPS) is 20.7. The molecule has 0 aliphatic carbocycles. The van der Waals surface area contributed by atoms with E-state index in [1.54, 1.807) is 0 Å². The number of allylic oxidation sites excluding steroid dienone is 2. The second-order valence-corrected chi connectivity index (χ2v) is 7.44. The Morgan fingerprint density at radius 2 is 2.00 bits per heavy atom. The summed E-state index contributed by atoms with van der Waals surface area (Å²) in [5.74, 6) is 3.05. The van der Waals surface area contributed by atoms with E-state index in [0.717, 1.165) is 38.9 Å². The van der Waals surface area contributed by atoms with Crippen LogP contribution in [-0.4, -0.2) is 35.8 Å². The fraction of sp³-hybridized carbons (Fsp3) is 0.550. The predicted octanol–water partition coefficient (Wildman–Crippen LogP) is 4.43. The Balaban J connectivity index is 1.58. The van der Waals surface area contributed by atoms with Gasteiger partial charge in [0.2, 0.25) is 0 Å². The maximum absolute atomic E-state index is 10.5. The van der Waals surface area contributed by atoms with Crippen LogP contribution in [0.15, 0.2) is 42.5 Å². The molecule has 1 aliphatic heterocycles. The van der Waals surface area contributed by atoms with Crippen molar-refractivity contribution in [1.29, 1.82) is 0 Å². The van der Waals surface area contributed by atoms with Crippen molar-refractivity contribution in [3.63, 3.8) is 0 Å². The van der Waals surface area contributed by atoms with Crippen molar-refractivity contribution in [2.75, 3.05) is 24.7 Å². The number of benzene rings is 1. The molecule has 132 valence electrons. The molecular formula is C20H28O3S. The average molecular weight is 349 g/mol. The van der Waals surface area contributed by atoms with E-state index >= 15 is 0 Å². The van der Waals surface area contributed by atoms with Gasteiger partial charge in [-0.3, -0.25) is 4.79 Å². The SMILES string of the molecule is O=C(O)CCCC=CC[C@H]1CSC[C@@H]1COCCc1ccccc1. The van der Waals surface area contributed by atoms with E-state index in [2.05, 4.69) is 36.4 Å². The molecule has 2 atom stereocenters. The van der Waals surface area contributed by atoms with Crippen LogP contribution in [0.1, 0.15) is 31.2 Å². The Labute approximate surface area is 149 Å². The molecule has 24 heavy (non-hydrogen) atoms. The Morgan fingerprint density at radius 3 is 2.79 bits per heavy atom.